The first-order chi connectivity index (χ1) is 9.24. The first-order valence-corrected chi connectivity index (χ1v) is 7.11. The topological polar surface area (TPSA) is 26.3 Å². The highest BCUT2D eigenvalue weighted by Gasteiger charge is 1.99. The van der Waals surface area contributed by atoms with E-state index >= 15 is 0 Å². The number of carbonyl (C=O) groups is 1. The number of benzene rings is 2. The van der Waals surface area contributed by atoms with Gasteiger partial charge >= 0.3 is 0 Å². The second-order valence-electron chi connectivity index (χ2n) is 4.20. The molecule has 2 nitrogen and oxygen atoms in total. The summed E-state index contributed by atoms with van der Waals surface area (Å²) in [6, 6.07) is 18.0. The fraction of sp³-hybridized carbons (Fsp3) is 0.188. The number of hydrogen-bond donors (Lipinski definition) is 0. The molecule has 0 N–H and O–H groups in total. The molecule has 98 valence electrons. The summed E-state index contributed by atoms with van der Waals surface area (Å²) in [7, 11) is 0. The van der Waals surface area contributed by atoms with Gasteiger partial charge in [-0.25, -0.2) is 0 Å². The molecule has 0 radical (unpaired) electrons. The molecule has 0 heterocycles. The van der Waals surface area contributed by atoms with Crippen LogP contribution in [-0.4, -0.2) is 5.12 Å². The minimum Gasteiger partial charge on any atom is -0.489 e. The molecule has 0 aliphatic heterocycles. The lowest BCUT2D eigenvalue weighted by molar-refractivity contribution is -0.109. The number of hydrogen-bond acceptors (Lipinski definition) is 3. The van der Waals surface area contributed by atoms with Crippen LogP contribution in [0.2, 0.25) is 0 Å². The van der Waals surface area contributed by atoms with Crippen molar-refractivity contribution < 1.29 is 9.53 Å². The zero-order valence-corrected chi connectivity index (χ0v) is 11.7. The van der Waals surface area contributed by atoms with Gasteiger partial charge in [-0.1, -0.05) is 54.2 Å². The Balaban J connectivity index is 1.86. The van der Waals surface area contributed by atoms with E-state index in [-0.39, 0.29) is 5.12 Å². The molecule has 0 saturated heterocycles. The van der Waals surface area contributed by atoms with Gasteiger partial charge in [-0.15, -0.1) is 0 Å². The van der Waals surface area contributed by atoms with Crippen molar-refractivity contribution in [1.82, 2.24) is 0 Å². The molecule has 0 spiro atoms. The maximum absolute atomic E-state index is 10.9. The fourth-order valence-electron chi connectivity index (χ4n) is 1.61. The highest BCUT2D eigenvalue weighted by atomic mass is 32.2. The number of ether oxygens (including phenoxy) is 1. The van der Waals surface area contributed by atoms with E-state index in [4.69, 9.17) is 4.74 Å². The summed E-state index contributed by atoms with van der Waals surface area (Å²) in [6.45, 7) is 2.16. The van der Waals surface area contributed by atoms with Crippen LogP contribution in [0.1, 0.15) is 18.1 Å². The number of carbonyl (C=O) groups excluding carboxylic acids is 1. The van der Waals surface area contributed by atoms with Crippen LogP contribution >= 0.6 is 11.8 Å². The fourth-order valence-corrected chi connectivity index (χ4v) is 2.17. The molecule has 0 atom stereocenters. The van der Waals surface area contributed by atoms with Crippen LogP contribution in [0.15, 0.2) is 54.6 Å². The van der Waals surface area contributed by atoms with Crippen molar-refractivity contribution in [1.29, 1.82) is 0 Å². The Morgan fingerprint density at radius 2 is 1.68 bits per heavy atom. The van der Waals surface area contributed by atoms with E-state index in [9.17, 15) is 4.79 Å². The molecule has 0 saturated carbocycles. The van der Waals surface area contributed by atoms with Gasteiger partial charge in [0.05, 0.1) is 0 Å². The predicted octanol–water partition coefficient (Wildman–Crippen LogP) is 4.05. The first kappa shape index (κ1) is 13.7. The van der Waals surface area contributed by atoms with Crippen LogP contribution < -0.4 is 4.74 Å². The summed E-state index contributed by atoms with van der Waals surface area (Å²) < 4.78 is 5.70. The lowest BCUT2D eigenvalue weighted by Crippen LogP contribution is -1.95. The average Bonchev–Trinajstić information content (AvgIpc) is 2.45. The van der Waals surface area contributed by atoms with Crippen molar-refractivity contribution in [2.45, 2.75) is 19.3 Å². The van der Waals surface area contributed by atoms with Crippen LogP contribution in [-0.2, 0) is 17.2 Å². The molecule has 0 fully saturated rings. The molecule has 2 aromatic carbocycles. The standard InChI is InChI=1S/C16H16O2S/c1-13(17)19-12-15-7-9-16(10-8-15)18-11-14-5-3-2-4-6-14/h2-10H,11-12H2,1H3. The Morgan fingerprint density at radius 3 is 2.32 bits per heavy atom. The molecule has 2 aromatic rings. The molecule has 0 amide bonds. The van der Waals surface area contributed by atoms with Crippen LogP contribution in [0.5, 0.6) is 5.75 Å². The smallest absolute Gasteiger partial charge is 0.186 e. The van der Waals surface area contributed by atoms with E-state index in [2.05, 4.69) is 0 Å². The Kier molecular flexibility index (Phi) is 5.04. The minimum absolute atomic E-state index is 0.143. The van der Waals surface area contributed by atoms with Crippen molar-refractivity contribution in [3.05, 3.63) is 65.7 Å². The van der Waals surface area contributed by atoms with Gasteiger partial charge in [0.15, 0.2) is 5.12 Å². The maximum Gasteiger partial charge on any atom is 0.186 e. The number of thioether (sulfide) groups is 1. The van der Waals surface area contributed by atoms with Crippen LogP contribution in [0.25, 0.3) is 0 Å². The molecule has 19 heavy (non-hydrogen) atoms. The zero-order chi connectivity index (χ0) is 13.5. The van der Waals surface area contributed by atoms with Gasteiger partial charge in [0, 0.05) is 12.7 Å². The average molecular weight is 272 g/mol. The van der Waals surface area contributed by atoms with E-state index in [1.165, 1.54) is 11.8 Å². The maximum atomic E-state index is 10.9. The molecule has 0 bridgehead atoms. The summed E-state index contributed by atoms with van der Waals surface area (Å²) in [5.74, 6) is 1.56. The van der Waals surface area contributed by atoms with E-state index in [0.29, 0.717) is 12.4 Å². The lowest BCUT2D eigenvalue weighted by atomic mass is 10.2. The SMILES string of the molecule is CC(=O)SCc1ccc(OCc2ccccc2)cc1. The lowest BCUT2D eigenvalue weighted by Gasteiger charge is -2.07. The summed E-state index contributed by atoms with van der Waals surface area (Å²) in [5.41, 5.74) is 2.28. The largest absolute Gasteiger partial charge is 0.489 e. The van der Waals surface area contributed by atoms with Crippen molar-refractivity contribution in [2.24, 2.45) is 0 Å². The van der Waals surface area contributed by atoms with E-state index in [1.807, 2.05) is 54.6 Å². The van der Waals surface area contributed by atoms with E-state index < -0.39 is 0 Å². The second-order valence-corrected chi connectivity index (χ2v) is 5.35. The van der Waals surface area contributed by atoms with E-state index in [1.54, 1.807) is 6.92 Å². The molecule has 2 rings (SSSR count). The van der Waals surface area contributed by atoms with Gasteiger partial charge in [-0.05, 0) is 23.3 Å². The second kappa shape index (κ2) is 7.00. The van der Waals surface area contributed by atoms with Gasteiger partial charge in [0.25, 0.3) is 0 Å². The molecule has 0 unspecified atom stereocenters. The van der Waals surface area contributed by atoms with Crippen molar-refractivity contribution >= 4 is 16.9 Å². The van der Waals surface area contributed by atoms with Crippen LogP contribution in [0.4, 0.5) is 0 Å². The van der Waals surface area contributed by atoms with Gasteiger partial charge in [0.1, 0.15) is 12.4 Å². The first-order valence-electron chi connectivity index (χ1n) is 6.13. The third-order valence-electron chi connectivity index (χ3n) is 2.61. The quantitative estimate of drug-likeness (QED) is 0.821. The monoisotopic (exact) mass is 272 g/mol. The van der Waals surface area contributed by atoms with Crippen LogP contribution in [0.3, 0.4) is 0 Å². The highest BCUT2D eigenvalue weighted by molar-refractivity contribution is 8.12. The Morgan fingerprint density at radius 1 is 1.00 bits per heavy atom. The van der Waals surface area contributed by atoms with E-state index in [0.717, 1.165) is 16.9 Å². The summed E-state index contributed by atoms with van der Waals surface area (Å²) >= 11 is 1.32. The predicted molar refractivity (Wildman–Crippen MR) is 79.2 cm³/mol. The van der Waals surface area contributed by atoms with Gasteiger partial charge in [0.2, 0.25) is 0 Å². The molecule has 0 aromatic heterocycles. The third-order valence-corrected chi connectivity index (χ3v) is 3.50. The van der Waals surface area contributed by atoms with Crippen LogP contribution in [0, 0.1) is 0 Å². The summed E-state index contributed by atoms with van der Waals surface area (Å²) in [6.07, 6.45) is 0. The zero-order valence-electron chi connectivity index (χ0n) is 10.8. The third kappa shape index (κ3) is 4.79. The van der Waals surface area contributed by atoms with Crippen molar-refractivity contribution in [2.75, 3.05) is 0 Å². The van der Waals surface area contributed by atoms with Crippen molar-refractivity contribution in [3.8, 4) is 5.75 Å². The van der Waals surface area contributed by atoms with Crippen molar-refractivity contribution in [3.63, 3.8) is 0 Å². The normalized spacial score (nSPS) is 10.2. The van der Waals surface area contributed by atoms with Gasteiger partial charge in [-0.3, -0.25) is 4.79 Å². The molecule has 0 aliphatic rings. The molecule has 0 aliphatic carbocycles. The molecule has 3 heteroatoms. The molecular formula is C16H16O2S. The summed E-state index contributed by atoms with van der Waals surface area (Å²) in [4.78, 5) is 10.9. The molecular weight excluding hydrogens is 256 g/mol. The Labute approximate surface area is 117 Å². The number of rotatable bonds is 5. The van der Waals surface area contributed by atoms with Gasteiger partial charge < -0.3 is 4.74 Å². The highest BCUT2D eigenvalue weighted by Crippen LogP contribution is 2.18. The van der Waals surface area contributed by atoms with Gasteiger partial charge in [-0.2, -0.15) is 0 Å². The summed E-state index contributed by atoms with van der Waals surface area (Å²) in [5, 5.41) is 0.143. The Hall–Kier alpha value is -1.74. The Bertz CT molecular complexity index is 520. The minimum atomic E-state index is 0.143.